The van der Waals surface area contributed by atoms with Gasteiger partial charge in [0.2, 0.25) is 0 Å². The fourth-order valence-corrected chi connectivity index (χ4v) is 13.2. The third-order valence-electron chi connectivity index (χ3n) is 17.9. The number of carboxylic acids is 1. The van der Waals surface area contributed by atoms with Gasteiger partial charge in [0.15, 0.2) is 0 Å². The molecule has 115 heavy (non-hydrogen) atoms. The van der Waals surface area contributed by atoms with E-state index in [9.17, 15) is 34.8 Å². The molecule has 4 aromatic heterocycles. The number of esters is 2. The number of methoxy groups -OCH3 is 2. The van der Waals surface area contributed by atoms with Crippen molar-refractivity contribution in [3.05, 3.63) is 341 Å². The quantitative estimate of drug-likeness (QED) is 0.0285. The summed E-state index contributed by atoms with van der Waals surface area (Å²) in [6, 6.07) is 94.8. The number of nitriles is 3. The summed E-state index contributed by atoms with van der Waals surface area (Å²) >= 11 is 3.49. The second-order valence-corrected chi connectivity index (χ2v) is 25.0. The topological polar surface area (TPSA) is 342 Å². The second-order valence-electron chi connectivity index (χ2n) is 24.5. The van der Waals surface area contributed by atoms with Crippen molar-refractivity contribution in [1.82, 2.24) is 25.3 Å². The van der Waals surface area contributed by atoms with E-state index in [1.165, 1.54) is 19.8 Å². The maximum atomic E-state index is 13.6. The Hall–Kier alpha value is -12.3. The predicted octanol–water partition coefficient (Wildman–Crippen LogP) is 12.7. The number of carbonyl (C=O) groups is 4. The largest absolute Gasteiger partial charge is 1.00 e. The Morgan fingerprint density at radius 2 is 0.722 bits per heavy atom. The summed E-state index contributed by atoms with van der Waals surface area (Å²) in [6.45, 7) is 8.89. The van der Waals surface area contributed by atoms with E-state index in [1.807, 2.05) is 256 Å². The number of fused-ring (bicyclic) bond motifs is 4. The van der Waals surface area contributed by atoms with E-state index < -0.39 is 11.9 Å². The molecule has 0 aliphatic rings. The molecule has 0 unspecified atom stereocenters. The van der Waals surface area contributed by atoms with Gasteiger partial charge in [-0.2, -0.15) is 15.8 Å². The van der Waals surface area contributed by atoms with Gasteiger partial charge >= 0.3 is 66.3 Å². The number of nitrogens with zero attached hydrogens (tertiary/aromatic N) is 8. The van der Waals surface area contributed by atoms with Crippen LogP contribution in [-0.4, -0.2) is 82.9 Å². The van der Waals surface area contributed by atoms with E-state index >= 15 is 0 Å². The summed E-state index contributed by atoms with van der Waals surface area (Å²) in [5.41, 5.74) is 21.4. The van der Waals surface area contributed by atoms with Crippen LogP contribution in [0.2, 0.25) is 0 Å². The molecule has 4 heterocycles. The molecule has 23 heteroatoms. The van der Waals surface area contributed by atoms with Crippen molar-refractivity contribution in [2.75, 3.05) is 14.2 Å². The van der Waals surface area contributed by atoms with Crippen LogP contribution in [0.5, 0.6) is 0 Å². The van der Waals surface area contributed by atoms with Crippen LogP contribution >= 0.6 is 15.9 Å². The monoisotopic (exact) mass is 1590 g/mol. The molecule has 2 atom stereocenters. The summed E-state index contributed by atoms with van der Waals surface area (Å²) < 4.78 is 15.6. The average molecular weight is 1590 g/mol. The number of nitrogens with one attached hydrogen (secondary N) is 1. The number of carboxylic acid groups (broad SMARTS) is 1. The van der Waals surface area contributed by atoms with Crippen LogP contribution in [-0.2, 0) is 34.1 Å². The fourth-order valence-electron chi connectivity index (χ4n) is 12.7. The molecule has 1 amide bonds. The van der Waals surface area contributed by atoms with Crippen molar-refractivity contribution in [2.45, 2.75) is 63.4 Å². The first kappa shape index (κ1) is 91.6. The molecule has 0 aliphatic heterocycles. The van der Waals surface area contributed by atoms with Gasteiger partial charge in [0.1, 0.15) is 0 Å². The van der Waals surface area contributed by atoms with Gasteiger partial charge in [-0.1, -0.05) is 285 Å². The Morgan fingerprint density at radius 1 is 0.461 bits per heavy atom. The minimum absolute atomic E-state index is 0. The molecule has 1 radical (unpaired) electrons. The third-order valence-corrected chi connectivity index (χ3v) is 18.4. The fraction of sp³-hybridized carbons (Fsp3) is 0.130. The molecule has 0 fully saturated rings. The minimum Gasteiger partial charge on any atom is -0.870 e. The zero-order chi connectivity index (χ0) is 81.0. The Balaban J connectivity index is 0.000000260. The van der Waals surface area contributed by atoms with Gasteiger partial charge in [-0.15, -0.1) is 0 Å². The number of amides is 1. The zero-order valence-corrected chi connectivity index (χ0v) is 67.9. The maximum absolute atomic E-state index is 13.6. The summed E-state index contributed by atoms with van der Waals surface area (Å²) in [7, 11) is 2.99. The second kappa shape index (κ2) is 48.6. The number of halogens is 1. The Bertz CT molecular complexity index is 5680. The number of para-hydroxylation sites is 4. The summed E-state index contributed by atoms with van der Waals surface area (Å²) in [5, 5.41) is 57.4. The van der Waals surface area contributed by atoms with E-state index in [0.29, 0.717) is 77.6 Å². The Labute approximate surface area is 713 Å². The summed E-state index contributed by atoms with van der Waals surface area (Å²) in [6.07, 6.45) is 1.96. The number of nitrogens with two attached hydrogens (primary N) is 1. The van der Waals surface area contributed by atoms with Gasteiger partial charge in [0.05, 0.1) is 125 Å². The van der Waals surface area contributed by atoms with E-state index in [4.69, 9.17) is 48.6 Å². The molecular weight excluding hydrogens is 1510 g/mol. The van der Waals surface area contributed by atoms with Crippen LogP contribution in [0.15, 0.2) is 279 Å². The molecule has 0 bridgehead atoms. The van der Waals surface area contributed by atoms with E-state index in [0.717, 1.165) is 73.7 Å². The average Bonchev–Trinajstić information content (AvgIpc) is 0.781. The number of aromatic nitrogens is 4. The number of hydrogen-bond donors (Lipinski definition) is 4. The SMILES string of the molecule is CC[C@H](N)c1ccccc1.CC[C@H](NC(=O)c1c(CC#N)c(-c2ccccc2)nc2ccccc12)c1ccccc1.COC(=O)c1c(CBr)c(-c2ccccc2)nc2ccccc12.COC(=O)c1c(CC#N)c(-c2ccccc2)nc2ccccc12.N#CCc1c(-c2ccccc2)nc2ccccc2c1C(=O)O.[3H][B]O.[C-]#N.[Li+].[Na+].[OH-]. The van der Waals surface area contributed by atoms with Gasteiger partial charge in [0.25, 0.3) is 13.9 Å². The number of rotatable bonds is 17. The predicted molar refractivity (Wildman–Crippen MR) is 446 cm³/mol. The van der Waals surface area contributed by atoms with E-state index in [-0.39, 0.29) is 111 Å². The third kappa shape index (κ3) is 23.7. The van der Waals surface area contributed by atoms with Crippen molar-refractivity contribution in [3.63, 3.8) is 0 Å². The van der Waals surface area contributed by atoms with Crippen molar-refractivity contribution in [1.29, 1.82) is 22.4 Å². The number of carbonyl (C=O) groups excluding carboxylic acids is 3. The van der Waals surface area contributed by atoms with Gasteiger partial charge in [-0.05, 0) is 48.2 Å². The summed E-state index contributed by atoms with van der Waals surface area (Å²) in [4.78, 5) is 68.9. The molecule has 14 rings (SSSR count). The van der Waals surface area contributed by atoms with Crippen LogP contribution in [0, 0.1) is 45.8 Å². The molecule has 19 nitrogen and oxygen atoms in total. The van der Waals surface area contributed by atoms with Gasteiger partial charge in [-0.3, -0.25) is 4.79 Å². The van der Waals surface area contributed by atoms with Gasteiger partial charge < -0.3 is 48.0 Å². The van der Waals surface area contributed by atoms with Crippen molar-refractivity contribution in [3.8, 4) is 63.2 Å². The molecule has 0 aliphatic carbocycles. The molecule has 0 saturated heterocycles. The molecule has 0 saturated carbocycles. The Kier molecular flexibility index (Phi) is 38.7. The number of aromatic carboxylic acids is 1. The molecule has 0 spiro atoms. The van der Waals surface area contributed by atoms with Crippen molar-refractivity contribution >= 4 is 91.4 Å². The molecule has 10 aromatic carbocycles. The van der Waals surface area contributed by atoms with E-state index in [1.54, 1.807) is 18.2 Å². The smallest absolute Gasteiger partial charge is 0.870 e. The molecular formula is C92H79BBrLiN10NaO9. The van der Waals surface area contributed by atoms with Crippen molar-refractivity contribution < 1.29 is 92.7 Å². The Morgan fingerprint density at radius 3 is 1.02 bits per heavy atom. The van der Waals surface area contributed by atoms with E-state index in [2.05, 4.69) is 68.5 Å². The van der Waals surface area contributed by atoms with Crippen LogP contribution in [0.3, 0.4) is 0 Å². The molecule has 6 N–H and O–H groups in total. The zero-order valence-electron chi connectivity index (χ0n) is 65.4. The summed E-state index contributed by atoms with van der Waals surface area (Å²) in [5.74, 6) is -2.02. The van der Waals surface area contributed by atoms with Crippen LogP contribution in [0.4, 0.5) is 0 Å². The first-order valence-corrected chi connectivity index (χ1v) is 36.5. The number of pyridine rings is 4. The minimum atomic E-state index is -1.04. The van der Waals surface area contributed by atoms with Crippen LogP contribution in [0.1, 0.15) is 114 Å². The molecule has 563 valence electrons. The maximum Gasteiger partial charge on any atom is 1.00 e. The number of hydrogen-bond acceptors (Lipinski definition) is 17. The number of ether oxygens (including phenoxy) is 2. The van der Waals surface area contributed by atoms with Crippen LogP contribution < -0.4 is 59.5 Å². The normalized spacial score (nSPS) is 10.5. The standard InChI is InChI=1S/C27H23N3O.C19H14N2O2.C18H14BrNO2.C18H12N2O2.C9H13N.CN.BH2O.Li.Na.H2O/c1-2-23(19-11-5-3-6-12-19)30-27(31)25-21-15-9-10-16-24(21)29-26(22(25)17-18-28)20-13-7-4-8-14-20;1-23-19(22)17-14-9-5-6-10-16(14)21-18(15(17)11-12-20)13-7-3-2-4-8-13;1-22-18(21)16-13-9-5-6-10-15(13)20-17(14(16)11-19)12-7-3-2-4-8-12;19-11-10-14-16(18(21)22)13-8-4-5-9-15(13)20-17(14)12-6-2-1-3-7-12;1-2-9(10)8-6-4-3-5-7-8;2*1-2;;;/h3-16,23H,2,17H2,1H3,(H,30,31);2-10H,11H2,1H3;2-10H,11H2,1H3;1-9H,10H2,(H,21,22);3-7,9H,2,10H2,1H3;;1-2H;;;1H2/q;;;;;-1;;2*+1;/p-1/t23-;;;;9-;;;;;/m0...0...../s1/i;;;;;;1T;;;. The van der Waals surface area contributed by atoms with Gasteiger partial charge in [-0.25, -0.2) is 34.3 Å². The number of alkyl halides is 1. The first-order chi connectivity index (χ1) is 55.2. The molecule has 14 aromatic rings. The van der Waals surface area contributed by atoms with Gasteiger partial charge in [0, 0.05) is 78.8 Å². The van der Waals surface area contributed by atoms with Crippen molar-refractivity contribution in [2.24, 2.45) is 5.73 Å². The number of benzene rings is 10. The first-order valence-electron chi connectivity index (χ1n) is 36.0. The van der Waals surface area contributed by atoms with Crippen LogP contribution in [0.25, 0.3) is 88.6 Å².